The van der Waals surface area contributed by atoms with Gasteiger partial charge in [-0.3, -0.25) is 9.78 Å². The molecule has 0 aliphatic carbocycles. The van der Waals surface area contributed by atoms with E-state index in [2.05, 4.69) is 30.8 Å². The largest absolute Gasteiger partial charge is 0.490 e. The molecule has 2 unspecified atom stereocenters. The molecule has 3 rings (SSSR count). The van der Waals surface area contributed by atoms with E-state index < -0.39 is 23.6 Å². The number of carbonyl (C=O) groups excluding carboxylic acids is 1. The molecular weight excluding hydrogens is 462 g/mol. The molecule has 2 saturated heterocycles. The van der Waals surface area contributed by atoms with Crippen molar-refractivity contribution in [2.24, 2.45) is 5.92 Å². The number of carboxylic acids is 1. The van der Waals surface area contributed by atoms with Gasteiger partial charge in [0.1, 0.15) is 11.4 Å². The van der Waals surface area contributed by atoms with Gasteiger partial charge in [0.25, 0.3) is 0 Å². The molecule has 1 amide bonds. The van der Waals surface area contributed by atoms with Gasteiger partial charge in [-0.15, -0.1) is 0 Å². The van der Waals surface area contributed by atoms with Gasteiger partial charge in [-0.1, -0.05) is 0 Å². The van der Waals surface area contributed by atoms with Gasteiger partial charge in [-0.05, 0) is 45.4 Å². The molecule has 1 aromatic rings. The second kappa shape index (κ2) is 11.9. The van der Waals surface area contributed by atoms with Crippen LogP contribution >= 0.6 is 0 Å². The number of nitrogens with zero attached hydrogens (tertiary/aromatic N) is 3. The molecule has 2 aliphatic heterocycles. The molecule has 1 N–H and O–H groups in total. The van der Waals surface area contributed by atoms with Crippen LogP contribution in [-0.2, 0) is 25.5 Å². The normalized spacial score (nSPS) is 23.1. The molecule has 3 heterocycles. The van der Waals surface area contributed by atoms with Gasteiger partial charge in [0.15, 0.2) is 0 Å². The first-order chi connectivity index (χ1) is 15.8. The van der Waals surface area contributed by atoms with E-state index in [0.29, 0.717) is 50.6 Å². The van der Waals surface area contributed by atoms with Gasteiger partial charge in [0, 0.05) is 24.8 Å². The Balaban J connectivity index is 0.000000509. The summed E-state index contributed by atoms with van der Waals surface area (Å²) >= 11 is 0. The maximum absolute atomic E-state index is 13.0. The fourth-order valence-corrected chi connectivity index (χ4v) is 3.78. The summed E-state index contributed by atoms with van der Waals surface area (Å²) < 4.78 is 56.7. The summed E-state index contributed by atoms with van der Waals surface area (Å²) in [6.45, 7) is 8.15. The Morgan fingerprint density at radius 3 is 2.59 bits per heavy atom. The zero-order valence-electron chi connectivity index (χ0n) is 19.5. The van der Waals surface area contributed by atoms with E-state index in [9.17, 15) is 22.4 Å². The number of pyridine rings is 1. The fourth-order valence-electron chi connectivity index (χ4n) is 3.78. The first-order valence-corrected chi connectivity index (χ1v) is 10.9. The second-order valence-electron chi connectivity index (χ2n) is 8.91. The number of aliphatic carboxylic acids is 1. The topological polar surface area (TPSA) is 92.2 Å². The first kappa shape index (κ1) is 27.9. The molecule has 0 saturated carbocycles. The minimum absolute atomic E-state index is 0.0228. The Morgan fingerprint density at radius 2 is 2.03 bits per heavy atom. The molecule has 1 aromatic heterocycles. The Morgan fingerprint density at radius 1 is 1.35 bits per heavy atom. The molecule has 1 spiro atoms. The van der Waals surface area contributed by atoms with E-state index in [0.717, 1.165) is 19.2 Å². The third-order valence-corrected chi connectivity index (χ3v) is 5.78. The smallest absolute Gasteiger partial charge is 0.475 e. The van der Waals surface area contributed by atoms with Crippen LogP contribution in [-0.4, -0.2) is 96.1 Å². The maximum atomic E-state index is 13.0. The number of aromatic nitrogens is 1. The van der Waals surface area contributed by atoms with Gasteiger partial charge in [0.05, 0.1) is 39.0 Å². The van der Waals surface area contributed by atoms with E-state index in [1.54, 1.807) is 6.07 Å². The predicted octanol–water partition coefficient (Wildman–Crippen LogP) is 2.37. The van der Waals surface area contributed by atoms with Crippen LogP contribution in [0.2, 0.25) is 0 Å². The second-order valence-corrected chi connectivity index (χ2v) is 8.91. The number of carbonyl (C=O) groups is 2. The molecule has 192 valence electrons. The molecule has 34 heavy (non-hydrogen) atoms. The van der Waals surface area contributed by atoms with E-state index in [1.165, 1.54) is 6.07 Å². The van der Waals surface area contributed by atoms with E-state index >= 15 is 0 Å². The average molecular weight is 493 g/mol. The summed E-state index contributed by atoms with van der Waals surface area (Å²) in [4.78, 5) is 29.8. The van der Waals surface area contributed by atoms with Crippen LogP contribution in [0.4, 0.5) is 17.6 Å². The van der Waals surface area contributed by atoms with E-state index in [-0.39, 0.29) is 12.3 Å². The number of hydrogen-bond donors (Lipinski definition) is 1. The highest BCUT2D eigenvalue weighted by atomic mass is 19.4. The lowest BCUT2D eigenvalue weighted by atomic mass is 9.93. The number of rotatable bonds is 5. The third kappa shape index (κ3) is 8.48. The van der Waals surface area contributed by atoms with Crippen LogP contribution in [0.5, 0.6) is 0 Å². The summed E-state index contributed by atoms with van der Waals surface area (Å²) in [6, 6.07) is 3.38. The molecule has 12 heteroatoms. The molecule has 0 aromatic carbocycles. The highest BCUT2D eigenvalue weighted by molar-refractivity contribution is 5.78. The third-order valence-electron chi connectivity index (χ3n) is 5.78. The number of alkyl halides is 3. The quantitative estimate of drug-likeness (QED) is 0.630. The summed E-state index contributed by atoms with van der Waals surface area (Å²) in [5, 5.41) is 7.12. The van der Waals surface area contributed by atoms with Crippen molar-refractivity contribution in [1.29, 1.82) is 0 Å². The zero-order valence-corrected chi connectivity index (χ0v) is 19.5. The lowest BCUT2D eigenvalue weighted by Crippen LogP contribution is -2.47. The van der Waals surface area contributed by atoms with Gasteiger partial charge in [-0.25, -0.2) is 9.18 Å². The van der Waals surface area contributed by atoms with Crippen molar-refractivity contribution < 1.29 is 41.7 Å². The van der Waals surface area contributed by atoms with Crippen LogP contribution in [0.1, 0.15) is 26.0 Å². The number of ether oxygens (including phenoxy) is 2. The summed E-state index contributed by atoms with van der Waals surface area (Å²) in [6.07, 6.45) is -2.88. The minimum atomic E-state index is -5.08. The summed E-state index contributed by atoms with van der Waals surface area (Å²) in [5.41, 5.74) is 0.148. The summed E-state index contributed by atoms with van der Waals surface area (Å²) in [7, 11) is 2.13. The molecule has 2 aliphatic rings. The maximum Gasteiger partial charge on any atom is 0.490 e. The van der Waals surface area contributed by atoms with Crippen LogP contribution in [0.15, 0.2) is 18.3 Å². The van der Waals surface area contributed by atoms with Crippen LogP contribution in [0.3, 0.4) is 0 Å². The van der Waals surface area contributed by atoms with Crippen molar-refractivity contribution in [2.75, 3.05) is 46.5 Å². The van der Waals surface area contributed by atoms with Crippen LogP contribution in [0, 0.1) is 11.7 Å². The average Bonchev–Trinajstić information content (AvgIpc) is 3.00. The number of hydrogen-bond acceptors (Lipinski definition) is 6. The Kier molecular flexibility index (Phi) is 9.77. The van der Waals surface area contributed by atoms with Gasteiger partial charge >= 0.3 is 12.1 Å². The SMILES string of the molecule is CC(C)N(C)CC1COC2(COCCN(C(=O)Cc3ccc(F)cn3)C2)C1.O=C(O)C(F)(F)F. The van der Waals surface area contributed by atoms with Crippen molar-refractivity contribution in [2.45, 2.75) is 44.5 Å². The van der Waals surface area contributed by atoms with Gasteiger partial charge in [-0.2, -0.15) is 13.2 Å². The van der Waals surface area contributed by atoms with Crippen molar-refractivity contribution in [3.8, 4) is 0 Å². The standard InChI is InChI=1S/C20H30FN3O3.C2HF3O2/c1-15(2)23(3)11-16-9-20(27-12-16)13-24(6-7-26-14-20)19(25)8-18-5-4-17(21)10-22-18;3-2(4,5)1(6)7/h4-5,10,15-16H,6-9,11-14H2,1-3H3;(H,6,7). The molecule has 8 nitrogen and oxygen atoms in total. The van der Waals surface area contributed by atoms with Gasteiger partial charge in [0.2, 0.25) is 5.91 Å². The predicted molar refractivity (Wildman–Crippen MR) is 114 cm³/mol. The Bertz CT molecular complexity index is 822. The number of halogens is 4. The Labute approximate surface area is 195 Å². The highest BCUT2D eigenvalue weighted by Crippen LogP contribution is 2.33. The highest BCUT2D eigenvalue weighted by Gasteiger charge is 2.44. The zero-order chi connectivity index (χ0) is 25.5. The molecule has 2 atom stereocenters. The van der Waals surface area contributed by atoms with Crippen molar-refractivity contribution in [3.05, 3.63) is 29.8 Å². The van der Waals surface area contributed by atoms with Crippen molar-refractivity contribution in [3.63, 3.8) is 0 Å². The van der Waals surface area contributed by atoms with Crippen molar-refractivity contribution >= 4 is 11.9 Å². The minimum Gasteiger partial charge on any atom is -0.475 e. The van der Waals surface area contributed by atoms with Gasteiger partial charge < -0.3 is 24.4 Å². The van der Waals surface area contributed by atoms with E-state index in [1.807, 2.05) is 4.90 Å². The molecule has 0 radical (unpaired) electrons. The monoisotopic (exact) mass is 493 g/mol. The number of carboxylic acid groups (broad SMARTS) is 1. The molecular formula is C22H31F4N3O5. The lowest BCUT2D eigenvalue weighted by Gasteiger charge is -2.31. The fraction of sp³-hybridized carbons (Fsp3) is 0.682. The van der Waals surface area contributed by atoms with E-state index in [4.69, 9.17) is 19.4 Å². The molecule has 2 fully saturated rings. The first-order valence-electron chi connectivity index (χ1n) is 10.9. The molecule has 0 bridgehead atoms. The lowest BCUT2D eigenvalue weighted by molar-refractivity contribution is -0.192. The summed E-state index contributed by atoms with van der Waals surface area (Å²) in [5.74, 6) is -2.74. The van der Waals surface area contributed by atoms with Crippen molar-refractivity contribution in [1.82, 2.24) is 14.8 Å². The Hall–Kier alpha value is -2.31. The number of amides is 1. The van der Waals surface area contributed by atoms with Crippen LogP contribution in [0.25, 0.3) is 0 Å². The van der Waals surface area contributed by atoms with Crippen LogP contribution < -0.4 is 0 Å².